The molecule has 2 amide bonds. The number of aromatic carboxylic acids is 1. The van der Waals surface area contributed by atoms with E-state index in [2.05, 4.69) is 10.3 Å². The quantitative estimate of drug-likeness (QED) is 0.845. The van der Waals surface area contributed by atoms with Crippen molar-refractivity contribution in [2.75, 3.05) is 13.1 Å². The van der Waals surface area contributed by atoms with Crippen LogP contribution >= 0.6 is 11.3 Å². The molecule has 1 heterocycles. The van der Waals surface area contributed by atoms with E-state index in [0.717, 1.165) is 17.9 Å². The van der Waals surface area contributed by atoms with E-state index < -0.39 is 5.97 Å². The molecule has 0 atom stereocenters. The fourth-order valence-corrected chi connectivity index (χ4v) is 3.18. The summed E-state index contributed by atoms with van der Waals surface area (Å²) in [6.07, 6.45) is 3.68. The van der Waals surface area contributed by atoms with E-state index in [1.165, 1.54) is 19.3 Å². The van der Waals surface area contributed by atoms with Crippen molar-refractivity contribution in [2.45, 2.75) is 39.7 Å². The zero-order chi connectivity index (χ0) is 15.4. The van der Waals surface area contributed by atoms with Crippen molar-refractivity contribution in [3.8, 4) is 0 Å². The SMILES string of the molecule is CCN(CC1CCC1)C(=O)NCc1nc(C)c(C(=O)O)s1. The number of carbonyl (C=O) groups is 2. The third-order valence-electron chi connectivity index (χ3n) is 3.80. The summed E-state index contributed by atoms with van der Waals surface area (Å²) in [5.41, 5.74) is 0.499. The van der Waals surface area contributed by atoms with Crippen LogP contribution in [0.15, 0.2) is 0 Å². The first kappa shape index (κ1) is 15.8. The molecule has 1 aromatic heterocycles. The van der Waals surface area contributed by atoms with Crippen LogP contribution in [-0.2, 0) is 6.54 Å². The maximum atomic E-state index is 12.1. The first-order valence-corrected chi connectivity index (χ1v) is 8.05. The largest absolute Gasteiger partial charge is 0.477 e. The molecule has 0 bridgehead atoms. The molecule has 0 spiro atoms. The second-order valence-electron chi connectivity index (χ2n) is 5.32. The summed E-state index contributed by atoms with van der Waals surface area (Å²) in [6, 6.07) is -0.103. The lowest BCUT2D eigenvalue weighted by atomic mass is 9.85. The standard InChI is InChI=1S/C14H21N3O3S/c1-3-17(8-10-5-4-6-10)14(20)15-7-11-16-9(2)12(21-11)13(18)19/h10H,3-8H2,1-2H3,(H,15,20)(H,18,19). The molecule has 1 fully saturated rings. The summed E-state index contributed by atoms with van der Waals surface area (Å²) in [7, 11) is 0. The molecule has 0 saturated heterocycles. The van der Waals surface area contributed by atoms with Crippen molar-refractivity contribution < 1.29 is 14.7 Å². The van der Waals surface area contributed by atoms with Gasteiger partial charge in [-0.25, -0.2) is 14.6 Å². The Morgan fingerprint density at radius 3 is 2.67 bits per heavy atom. The van der Waals surface area contributed by atoms with Gasteiger partial charge in [-0.05, 0) is 32.6 Å². The second-order valence-corrected chi connectivity index (χ2v) is 6.41. The monoisotopic (exact) mass is 311 g/mol. The number of hydrogen-bond donors (Lipinski definition) is 2. The van der Waals surface area contributed by atoms with Gasteiger partial charge < -0.3 is 15.3 Å². The van der Waals surface area contributed by atoms with Crippen LogP contribution in [0.4, 0.5) is 4.79 Å². The maximum Gasteiger partial charge on any atom is 0.347 e. The lowest BCUT2D eigenvalue weighted by Gasteiger charge is -2.31. The summed E-state index contributed by atoms with van der Waals surface area (Å²) < 4.78 is 0. The molecule has 6 nitrogen and oxygen atoms in total. The Morgan fingerprint density at radius 1 is 1.48 bits per heavy atom. The molecule has 1 aliphatic rings. The van der Waals surface area contributed by atoms with Gasteiger partial charge in [0, 0.05) is 13.1 Å². The zero-order valence-corrected chi connectivity index (χ0v) is 13.2. The number of aryl methyl sites for hydroxylation is 1. The van der Waals surface area contributed by atoms with Gasteiger partial charge in [0.1, 0.15) is 9.88 Å². The van der Waals surface area contributed by atoms with Crippen LogP contribution in [0.3, 0.4) is 0 Å². The minimum Gasteiger partial charge on any atom is -0.477 e. The zero-order valence-electron chi connectivity index (χ0n) is 12.4. The van der Waals surface area contributed by atoms with Gasteiger partial charge in [-0.15, -0.1) is 11.3 Å². The summed E-state index contributed by atoms with van der Waals surface area (Å²) in [5, 5.41) is 12.4. The van der Waals surface area contributed by atoms with E-state index in [1.807, 2.05) is 11.8 Å². The predicted molar refractivity (Wildman–Crippen MR) is 80.6 cm³/mol. The number of carbonyl (C=O) groups excluding carboxylic acids is 1. The third-order valence-corrected chi connectivity index (χ3v) is 4.94. The third kappa shape index (κ3) is 3.93. The van der Waals surface area contributed by atoms with Crippen molar-refractivity contribution in [1.29, 1.82) is 0 Å². The van der Waals surface area contributed by atoms with Crippen molar-refractivity contribution >= 4 is 23.3 Å². The molecule has 0 radical (unpaired) electrons. The first-order valence-electron chi connectivity index (χ1n) is 7.23. The lowest BCUT2D eigenvalue weighted by Crippen LogP contribution is -2.43. The molecule has 0 aliphatic heterocycles. The van der Waals surface area contributed by atoms with Gasteiger partial charge in [-0.3, -0.25) is 0 Å². The topological polar surface area (TPSA) is 82.5 Å². The Hall–Kier alpha value is -1.63. The highest BCUT2D eigenvalue weighted by Crippen LogP contribution is 2.27. The number of thiazole rings is 1. The number of aromatic nitrogens is 1. The molecular formula is C14H21N3O3S. The Labute approximate surface area is 128 Å². The number of urea groups is 1. The smallest absolute Gasteiger partial charge is 0.347 e. The van der Waals surface area contributed by atoms with Gasteiger partial charge in [-0.2, -0.15) is 0 Å². The highest BCUT2D eigenvalue weighted by Gasteiger charge is 2.23. The number of carboxylic acids is 1. The summed E-state index contributed by atoms with van der Waals surface area (Å²) in [5.74, 6) is -0.334. The van der Waals surface area contributed by atoms with Gasteiger partial charge >= 0.3 is 12.0 Å². The van der Waals surface area contributed by atoms with Crippen LogP contribution in [0.1, 0.15) is 46.6 Å². The number of hydrogen-bond acceptors (Lipinski definition) is 4. The van der Waals surface area contributed by atoms with E-state index in [1.54, 1.807) is 6.92 Å². The fourth-order valence-electron chi connectivity index (χ4n) is 2.33. The van der Waals surface area contributed by atoms with Crippen LogP contribution in [0.2, 0.25) is 0 Å². The Kier molecular flexibility index (Phi) is 5.17. The minimum atomic E-state index is -0.970. The Bertz CT molecular complexity index is 526. The molecule has 116 valence electrons. The van der Waals surface area contributed by atoms with E-state index in [4.69, 9.17) is 5.11 Å². The first-order chi connectivity index (χ1) is 10.0. The molecule has 2 rings (SSSR count). The highest BCUT2D eigenvalue weighted by molar-refractivity contribution is 7.13. The van der Waals surface area contributed by atoms with E-state index >= 15 is 0 Å². The summed E-state index contributed by atoms with van der Waals surface area (Å²) in [6.45, 7) is 5.40. The van der Waals surface area contributed by atoms with Crippen molar-refractivity contribution in [3.63, 3.8) is 0 Å². The normalized spacial score (nSPS) is 14.6. The van der Waals surface area contributed by atoms with Gasteiger partial charge in [0.15, 0.2) is 0 Å². The number of carboxylic acid groups (broad SMARTS) is 1. The number of amides is 2. The molecule has 0 unspecified atom stereocenters. The summed E-state index contributed by atoms with van der Waals surface area (Å²) in [4.78, 5) is 29.3. The van der Waals surface area contributed by atoms with Gasteiger partial charge in [0.05, 0.1) is 12.2 Å². The molecule has 1 aromatic rings. The van der Waals surface area contributed by atoms with Crippen LogP contribution in [0.5, 0.6) is 0 Å². The Balaban J connectivity index is 1.87. The van der Waals surface area contributed by atoms with Crippen molar-refractivity contribution in [3.05, 3.63) is 15.6 Å². The minimum absolute atomic E-state index is 0.103. The Morgan fingerprint density at radius 2 is 2.19 bits per heavy atom. The van der Waals surface area contributed by atoms with Crippen LogP contribution in [0, 0.1) is 12.8 Å². The second kappa shape index (κ2) is 6.89. The molecule has 2 N–H and O–H groups in total. The van der Waals surface area contributed by atoms with Gasteiger partial charge in [0.2, 0.25) is 0 Å². The summed E-state index contributed by atoms with van der Waals surface area (Å²) >= 11 is 1.11. The lowest BCUT2D eigenvalue weighted by molar-refractivity contribution is 0.0701. The highest BCUT2D eigenvalue weighted by atomic mass is 32.1. The maximum absolute atomic E-state index is 12.1. The molecular weight excluding hydrogens is 290 g/mol. The molecule has 7 heteroatoms. The van der Waals surface area contributed by atoms with E-state index in [9.17, 15) is 9.59 Å². The fraction of sp³-hybridized carbons (Fsp3) is 0.643. The number of nitrogens with one attached hydrogen (secondary N) is 1. The number of nitrogens with zero attached hydrogens (tertiary/aromatic N) is 2. The van der Waals surface area contributed by atoms with Crippen molar-refractivity contribution in [2.24, 2.45) is 5.92 Å². The van der Waals surface area contributed by atoms with Crippen LogP contribution in [-0.4, -0.2) is 40.1 Å². The van der Waals surface area contributed by atoms with Gasteiger partial charge in [-0.1, -0.05) is 6.42 Å². The average molecular weight is 311 g/mol. The number of rotatable bonds is 6. The molecule has 1 saturated carbocycles. The van der Waals surface area contributed by atoms with Crippen molar-refractivity contribution in [1.82, 2.24) is 15.2 Å². The molecule has 0 aromatic carbocycles. The van der Waals surface area contributed by atoms with E-state index in [0.29, 0.717) is 23.2 Å². The molecule has 1 aliphatic carbocycles. The molecule has 21 heavy (non-hydrogen) atoms. The average Bonchev–Trinajstić information content (AvgIpc) is 2.76. The van der Waals surface area contributed by atoms with Crippen LogP contribution in [0.25, 0.3) is 0 Å². The van der Waals surface area contributed by atoms with Gasteiger partial charge in [0.25, 0.3) is 0 Å². The van der Waals surface area contributed by atoms with E-state index in [-0.39, 0.29) is 17.5 Å². The predicted octanol–water partition coefficient (Wildman–Crippen LogP) is 2.48. The van der Waals surface area contributed by atoms with Crippen LogP contribution < -0.4 is 5.32 Å².